The molecule has 0 aliphatic heterocycles. The third-order valence-corrected chi connectivity index (χ3v) is 4.55. The normalized spacial score (nSPS) is 13.9. The van der Waals surface area contributed by atoms with Crippen molar-refractivity contribution in [3.8, 4) is 0 Å². The number of hydrogen-bond acceptors (Lipinski definition) is 3. The van der Waals surface area contributed by atoms with Crippen molar-refractivity contribution >= 4 is 5.97 Å². The van der Waals surface area contributed by atoms with Crippen LogP contribution in [-0.4, -0.2) is 34.0 Å². The smallest absolute Gasteiger partial charge is 0.303 e. The zero-order chi connectivity index (χ0) is 17.3. The van der Waals surface area contributed by atoms with E-state index in [1.165, 1.54) is 57.8 Å². The van der Waals surface area contributed by atoms with Gasteiger partial charge in [-0.3, -0.25) is 4.79 Å². The van der Waals surface area contributed by atoms with Crippen molar-refractivity contribution in [2.24, 2.45) is 5.92 Å². The van der Waals surface area contributed by atoms with Gasteiger partial charge in [-0.25, -0.2) is 0 Å². The summed E-state index contributed by atoms with van der Waals surface area (Å²) in [7, 11) is 0. The lowest BCUT2D eigenvalue weighted by molar-refractivity contribution is -0.137. The summed E-state index contributed by atoms with van der Waals surface area (Å²) in [5.41, 5.74) is 0. The first-order valence-corrected chi connectivity index (χ1v) is 9.60. The summed E-state index contributed by atoms with van der Waals surface area (Å²) in [5, 5.41) is 27.3. The molecule has 0 fully saturated rings. The summed E-state index contributed by atoms with van der Waals surface area (Å²) in [6, 6.07) is 0. The minimum atomic E-state index is -0.781. The van der Waals surface area contributed by atoms with Crippen molar-refractivity contribution in [1.82, 2.24) is 0 Å². The highest BCUT2D eigenvalue weighted by molar-refractivity contribution is 5.66. The molecule has 0 rings (SSSR count). The van der Waals surface area contributed by atoms with Crippen LogP contribution in [0.2, 0.25) is 0 Å². The van der Waals surface area contributed by atoms with Gasteiger partial charge in [0.05, 0.1) is 12.7 Å². The number of carboxylic acids is 1. The van der Waals surface area contributed by atoms with Crippen LogP contribution < -0.4 is 0 Å². The SMILES string of the molecule is CCCCCCCCCCCCC(CCC(=O)O)CC(O)CO. The zero-order valence-electron chi connectivity index (χ0n) is 15.0. The van der Waals surface area contributed by atoms with Crippen LogP contribution in [0.25, 0.3) is 0 Å². The maximum Gasteiger partial charge on any atom is 0.303 e. The van der Waals surface area contributed by atoms with Gasteiger partial charge in [-0.2, -0.15) is 0 Å². The van der Waals surface area contributed by atoms with Crippen LogP contribution in [0.3, 0.4) is 0 Å². The van der Waals surface area contributed by atoms with Gasteiger partial charge in [-0.05, 0) is 18.8 Å². The van der Waals surface area contributed by atoms with Crippen LogP contribution in [0.4, 0.5) is 0 Å². The molecule has 0 aliphatic carbocycles. The van der Waals surface area contributed by atoms with E-state index in [0.29, 0.717) is 12.8 Å². The van der Waals surface area contributed by atoms with Crippen molar-refractivity contribution in [1.29, 1.82) is 0 Å². The Hall–Kier alpha value is -0.610. The second-order valence-electron chi connectivity index (χ2n) is 6.84. The maximum absolute atomic E-state index is 10.7. The Balaban J connectivity index is 3.62. The number of carbonyl (C=O) groups is 1. The summed E-state index contributed by atoms with van der Waals surface area (Å²) < 4.78 is 0. The van der Waals surface area contributed by atoms with Crippen molar-refractivity contribution < 1.29 is 20.1 Å². The van der Waals surface area contributed by atoms with E-state index < -0.39 is 12.1 Å². The van der Waals surface area contributed by atoms with Crippen LogP contribution in [0.5, 0.6) is 0 Å². The van der Waals surface area contributed by atoms with Crippen LogP contribution in [0.15, 0.2) is 0 Å². The summed E-state index contributed by atoms with van der Waals surface area (Å²) in [4.78, 5) is 10.7. The quantitative estimate of drug-likeness (QED) is 0.343. The minimum absolute atomic E-state index is 0.153. The third kappa shape index (κ3) is 16.0. The van der Waals surface area contributed by atoms with Crippen LogP contribution >= 0.6 is 0 Å². The molecule has 0 aromatic carbocycles. The van der Waals surface area contributed by atoms with Gasteiger partial charge in [-0.1, -0.05) is 77.6 Å². The molecule has 0 aromatic rings. The molecule has 0 saturated heterocycles. The summed E-state index contributed by atoms with van der Waals surface area (Å²) in [6.07, 6.45) is 14.4. The fourth-order valence-electron chi connectivity index (χ4n) is 3.09. The van der Waals surface area contributed by atoms with E-state index in [4.69, 9.17) is 10.2 Å². The monoisotopic (exact) mass is 330 g/mol. The van der Waals surface area contributed by atoms with E-state index in [0.717, 1.165) is 12.8 Å². The summed E-state index contributed by atoms with van der Waals surface area (Å²) in [5.74, 6) is -0.571. The van der Waals surface area contributed by atoms with E-state index in [1.54, 1.807) is 0 Å². The van der Waals surface area contributed by atoms with Crippen molar-refractivity contribution in [3.05, 3.63) is 0 Å². The second-order valence-corrected chi connectivity index (χ2v) is 6.84. The second kappa shape index (κ2) is 16.3. The predicted molar refractivity (Wildman–Crippen MR) is 94.5 cm³/mol. The highest BCUT2D eigenvalue weighted by Gasteiger charge is 2.15. The maximum atomic E-state index is 10.7. The lowest BCUT2D eigenvalue weighted by Crippen LogP contribution is -2.18. The number of aliphatic carboxylic acids is 1. The Morgan fingerprint density at radius 2 is 1.39 bits per heavy atom. The van der Waals surface area contributed by atoms with Crippen LogP contribution in [-0.2, 0) is 4.79 Å². The van der Waals surface area contributed by atoms with Crippen molar-refractivity contribution in [2.75, 3.05) is 6.61 Å². The predicted octanol–water partition coefficient (Wildman–Crippen LogP) is 4.52. The zero-order valence-corrected chi connectivity index (χ0v) is 15.0. The average Bonchev–Trinajstić information content (AvgIpc) is 2.53. The Morgan fingerprint density at radius 1 is 0.870 bits per heavy atom. The van der Waals surface area contributed by atoms with Crippen LogP contribution in [0.1, 0.15) is 96.8 Å². The van der Waals surface area contributed by atoms with Crippen LogP contribution in [0, 0.1) is 5.92 Å². The molecule has 138 valence electrons. The van der Waals surface area contributed by atoms with Gasteiger partial charge in [0.25, 0.3) is 0 Å². The molecule has 0 aromatic heterocycles. The Kier molecular flexibility index (Phi) is 15.8. The van der Waals surface area contributed by atoms with E-state index in [1.807, 2.05) is 0 Å². The standard InChI is InChI=1S/C19H38O4/c1-2-3-4-5-6-7-8-9-10-11-12-17(13-14-19(22)23)15-18(21)16-20/h17-18,20-21H,2-16H2,1H3,(H,22,23). The fraction of sp³-hybridized carbons (Fsp3) is 0.947. The first kappa shape index (κ1) is 22.4. The van der Waals surface area contributed by atoms with E-state index >= 15 is 0 Å². The van der Waals surface area contributed by atoms with Crippen molar-refractivity contribution in [2.45, 2.75) is 103 Å². The molecule has 0 radical (unpaired) electrons. The lowest BCUT2D eigenvalue weighted by Gasteiger charge is -2.18. The van der Waals surface area contributed by atoms with E-state index in [-0.39, 0.29) is 18.9 Å². The Bertz CT molecular complexity index is 268. The van der Waals surface area contributed by atoms with Gasteiger partial charge < -0.3 is 15.3 Å². The Labute approximate surface area is 142 Å². The molecule has 2 atom stereocenters. The van der Waals surface area contributed by atoms with Gasteiger partial charge in [0.2, 0.25) is 0 Å². The largest absolute Gasteiger partial charge is 0.481 e. The average molecular weight is 331 g/mol. The molecule has 2 unspecified atom stereocenters. The number of hydrogen-bond donors (Lipinski definition) is 3. The van der Waals surface area contributed by atoms with E-state index in [9.17, 15) is 9.90 Å². The van der Waals surface area contributed by atoms with Gasteiger partial charge in [0.15, 0.2) is 0 Å². The van der Waals surface area contributed by atoms with Gasteiger partial charge in [0, 0.05) is 6.42 Å². The first-order valence-electron chi connectivity index (χ1n) is 9.60. The molecule has 0 aliphatic rings. The molecular formula is C19H38O4. The fourth-order valence-corrected chi connectivity index (χ4v) is 3.09. The highest BCUT2D eigenvalue weighted by Crippen LogP contribution is 2.22. The first-order chi connectivity index (χ1) is 11.1. The molecular weight excluding hydrogens is 292 g/mol. The van der Waals surface area contributed by atoms with Gasteiger partial charge in [0.1, 0.15) is 0 Å². The summed E-state index contributed by atoms with van der Waals surface area (Å²) in [6.45, 7) is 2.00. The molecule has 0 spiro atoms. The molecule has 3 N–H and O–H groups in total. The lowest BCUT2D eigenvalue weighted by atomic mass is 9.90. The summed E-state index contributed by atoms with van der Waals surface area (Å²) >= 11 is 0. The number of rotatable bonds is 17. The molecule has 0 amide bonds. The molecule has 0 heterocycles. The topological polar surface area (TPSA) is 77.8 Å². The molecule has 4 heteroatoms. The van der Waals surface area contributed by atoms with Gasteiger partial charge >= 0.3 is 5.97 Å². The van der Waals surface area contributed by atoms with Crippen molar-refractivity contribution in [3.63, 3.8) is 0 Å². The minimum Gasteiger partial charge on any atom is -0.481 e. The Morgan fingerprint density at radius 3 is 1.87 bits per heavy atom. The molecule has 4 nitrogen and oxygen atoms in total. The highest BCUT2D eigenvalue weighted by atomic mass is 16.4. The molecule has 0 bridgehead atoms. The van der Waals surface area contributed by atoms with Gasteiger partial charge in [-0.15, -0.1) is 0 Å². The number of unbranched alkanes of at least 4 members (excludes halogenated alkanes) is 9. The number of aliphatic hydroxyl groups is 2. The molecule has 23 heavy (non-hydrogen) atoms. The number of carboxylic acid groups (broad SMARTS) is 1. The molecule has 0 saturated carbocycles. The van der Waals surface area contributed by atoms with E-state index in [2.05, 4.69) is 6.92 Å². The number of aliphatic hydroxyl groups excluding tert-OH is 2. The third-order valence-electron chi connectivity index (χ3n) is 4.55.